The van der Waals surface area contributed by atoms with E-state index < -0.39 is 11.6 Å². The number of hydrogen-bond acceptors (Lipinski definition) is 4. The van der Waals surface area contributed by atoms with Crippen molar-refractivity contribution in [1.82, 2.24) is 9.55 Å². The first-order valence-electron chi connectivity index (χ1n) is 9.13. The van der Waals surface area contributed by atoms with E-state index in [4.69, 9.17) is 9.47 Å². The summed E-state index contributed by atoms with van der Waals surface area (Å²) in [6.07, 6.45) is 1.65. The van der Waals surface area contributed by atoms with Crippen LogP contribution in [-0.4, -0.2) is 23.8 Å². The topological polar surface area (TPSA) is 53.4 Å². The highest BCUT2D eigenvalue weighted by Gasteiger charge is 2.13. The second-order valence-electron chi connectivity index (χ2n) is 6.72. The van der Waals surface area contributed by atoms with E-state index in [-0.39, 0.29) is 5.56 Å². The standard InChI is InChI=1S/C23H18F2N2O3/c1-13-22-15(11-19(26-13)14-4-6-17(24)18(25)10-14)8-9-27(23(22)28)16-5-7-20(29-2)21(12-16)30-3/h4-12H,1-3H3. The molecule has 0 unspecified atom stereocenters. The van der Waals surface area contributed by atoms with Crippen molar-refractivity contribution >= 4 is 10.8 Å². The molecule has 4 rings (SSSR count). The van der Waals surface area contributed by atoms with Crippen LogP contribution in [0.2, 0.25) is 0 Å². The van der Waals surface area contributed by atoms with Crippen molar-refractivity contribution in [3.63, 3.8) is 0 Å². The molecule has 30 heavy (non-hydrogen) atoms. The molecule has 0 aliphatic heterocycles. The van der Waals surface area contributed by atoms with E-state index in [9.17, 15) is 13.6 Å². The number of pyridine rings is 2. The highest BCUT2D eigenvalue weighted by atomic mass is 19.2. The van der Waals surface area contributed by atoms with Gasteiger partial charge in [-0.25, -0.2) is 8.78 Å². The van der Waals surface area contributed by atoms with Gasteiger partial charge in [0.2, 0.25) is 0 Å². The minimum absolute atomic E-state index is 0.249. The van der Waals surface area contributed by atoms with E-state index in [0.717, 1.165) is 12.1 Å². The summed E-state index contributed by atoms with van der Waals surface area (Å²) in [5.41, 5.74) is 1.75. The van der Waals surface area contributed by atoms with Crippen molar-refractivity contribution in [1.29, 1.82) is 0 Å². The van der Waals surface area contributed by atoms with Crippen molar-refractivity contribution < 1.29 is 18.3 Å². The van der Waals surface area contributed by atoms with Crippen molar-refractivity contribution in [2.24, 2.45) is 0 Å². The van der Waals surface area contributed by atoms with E-state index in [2.05, 4.69) is 4.98 Å². The van der Waals surface area contributed by atoms with Gasteiger partial charge in [0.1, 0.15) is 0 Å². The molecule has 0 aliphatic rings. The third-order valence-electron chi connectivity index (χ3n) is 4.93. The van der Waals surface area contributed by atoms with Crippen LogP contribution in [0.1, 0.15) is 5.69 Å². The average molecular weight is 408 g/mol. The Bertz CT molecular complexity index is 1330. The highest BCUT2D eigenvalue weighted by Crippen LogP contribution is 2.29. The Hall–Kier alpha value is -3.74. The van der Waals surface area contributed by atoms with Crippen LogP contribution in [-0.2, 0) is 0 Å². The first kappa shape index (κ1) is 19.6. The van der Waals surface area contributed by atoms with Crippen LogP contribution in [0.3, 0.4) is 0 Å². The molecule has 2 aromatic carbocycles. The van der Waals surface area contributed by atoms with Crippen molar-refractivity contribution in [3.8, 4) is 28.4 Å². The number of methoxy groups -OCH3 is 2. The molecular weight excluding hydrogens is 390 g/mol. The zero-order chi connectivity index (χ0) is 21.4. The van der Waals surface area contributed by atoms with Crippen LogP contribution in [0.25, 0.3) is 27.7 Å². The summed E-state index contributed by atoms with van der Waals surface area (Å²) in [5, 5.41) is 1.10. The van der Waals surface area contributed by atoms with Crippen LogP contribution in [0.15, 0.2) is 59.5 Å². The number of halogens is 2. The molecular formula is C23H18F2N2O3. The Morgan fingerprint density at radius 3 is 2.37 bits per heavy atom. The van der Waals surface area contributed by atoms with Gasteiger partial charge in [-0.1, -0.05) is 0 Å². The van der Waals surface area contributed by atoms with Gasteiger partial charge in [0.05, 0.1) is 36.7 Å². The van der Waals surface area contributed by atoms with Gasteiger partial charge < -0.3 is 9.47 Å². The molecule has 0 spiro atoms. The summed E-state index contributed by atoms with van der Waals surface area (Å²) in [6.45, 7) is 1.71. The molecule has 7 heteroatoms. The number of hydrogen-bond donors (Lipinski definition) is 0. The Morgan fingerprint density at radius 2 is 1.67 bits per heavy atom. The molecule has 0 atom stereocenters. The van der Waals surface area contributed by atoms with Gasteiger partial charge in [-0.05, 0) is 54.8 Å². The maximum absolute atomic E-state index is 13.6. The van der Waals surface area contributed by atoms with Crippen molar-refractivity contribution in [2.45, 2.75) is 6.92 Å². The van der Waals surface area contributed by atoms with Crippen LogP contribution in [0.4, 0.5) is 8.78 Å². The van der Waals surface area contributed by atoms with Crippen LogP contribution in [0.5, 0.6) is 11.5 Å². The lowest BCUT2D eigenvalue weighted by Crippen LogP contribution is -2.19. The van der Waals surface area contributed by atoms with Gasteiger partial charge in [-0.2, -0.15) is 0 Å². The summed E-state index contributed by atoms with van der Waals surface area (Å²) in [7, 11) is 3.07. The lowest BCUT2D eigenvalue weighted by molar-refractivity contribution is 0.355. The highest BCUT2D eigenvalue weighted by molar-refractivity contribution is 5.87. The number of aryl methyl sites for hydroxylation is 1. The maximum atomic E-state index is 13.6. The van der Waals surface area contributed by atoms with E-state index >= 15 is 0 Å². The van der Waals surface area contributed by atoms with Crippen LogP contribution < -0.4 is 15.0 Å². The molecule has 152 valence electrons. The molecule has 0 saturated heterocycles. The number of rotatable bonds is 4. The monoisotopic (exact) mass is 408 g/mol. The van der Waals surface area contributed by atoms with E-state index in [1.165, 1.54) is 17.7 Å². The summed E-state index contributed by atoms with van der Waals surface area (Å²) in [5.74, 6) is -0.806. The molecule has 0 amide bonds. The van der Waals surface area contributed by atoms with Gasteiger partial charge in [0, 0.05) is 17.8 Å². The molecule has 0 fully saturated rings. The summed E-state index contributed by atoms with van der Waals surface area (Å²) in [4.78, 5) is 17.6. The molecule has 0 saturated carbocycles. The molecule has 2 heterocycles. The van der Waals surface area contributed by atoms with Gasteiger partial charge in [0.15, 0.2) is 23.1 Å². The SMILES string of the molecule is COc1ccc(-n2ccc3cc(-c4ccc(F)c(F)c4)nc(C)c3c2=O)cc1OC. The third kappa shape index (κ3) is 3.28. The van der Waals surface area contributed by atoms with Gasteiger partial charge in [0.25, 0.3) is 5.56 Å². The number of aromatic nitrogens is 2. The Balaban J connectivity index is 1.87. The molecule has 5 nitrogen and oxygen atoms in total. The third-order valence-corrected chi connectivity index (χ3v) is 4.93. The van der Waals surface area contributed by atoms with Crippen LogP contribution in [0, 0.1) is 18.6 Å². The van der Waals surface area contributed by atoms with Crippen molar-refractivity contribution in [3.05, 3.63) is 82.4 Å². The second-order valence-corrected chi connectivity index (χ2v) is 6.72. The maximum Gasteiger partial charge on any atom is 0.264 e. The zero-order valence-corrected chi connectivity index (χ0v) is 16.6. The summed E-state index contributed by atoms with van der Waals surface area (Å²) < 4.78 is 38.9. The normalized spacial score (nSPS) is 11.0. The Kier molecular flexibility index (Phi) is 4.95. The van der Waals surface area contributed by atoms with E-state index in [0.29, 0.717) is 44.9 Å². The lowest BCUT2D eigenvalue weighted by Gasteiger charge is -2.13. The smallest absolute Gasteiger partial charge is 0.264 e. The first-order valence-corrected chi connectivity index (χ1v) is 9.13. The zero-order valence-electron chi connectivity index (χ0n) is 16.6. The number of ether oxygens (including phenoxy) is 2. The summed E-state index contributed by atoms with van der Waals surface area (Å²) >= 11 is 0. The Morgan fingerprint density at radius 1 is 0.900 bits per heavy atom. The molecule has 2 aromatic heterocycles. The van der Waals surface area contributed by atoms with Crippen molar-refractivity contribution in [2.75, 3.05) is 14.2 Å². The molecule has 4 aromatic rings. The Labute approximate surface area is 171 Å². The van der Waals surface area contributed by atoms with E-state index in [1.54, 1.807) is 50.6 Å². The fourth-order valence-corrected chi connectivity index (χ4v) is 3.43. The predicted molar refractivity (Wildman–Crippen MR) is 111 cm³/mol. The minimum atomic E-state index is -0.948. The first-order chi connectivity index (χ1) is 14.4. The predicted octanol–water partition coefficient (Wildman–Crippen LogP) is 4.66. The quantitative estimate of drug-likeness (QED) is 0.493. The molecule has 0 bridgehead atoms. The number of fused-ring (bicyclic) bond motifs is 1. The second kappa shape index (κ2) is 7.59. The molecule has 0 radical (unpaired) electrons. The number of nitrogens with zero attached hydrogens (tertiary/aromatic N) is 2. The fourth-order valence-electron chi connectivity index (χ4n) is 3.43. The summed E-state index contributed by atoms with van der Waals surface area (Å²) in [6, 6.07) is 12.3. The average Bonchev–Trinajstić information content (AvgIpc) is 2.75. The van der Waals surface area contributed by atoms with Gasteiger partial charge in [-0.3, -0.25) is 14.3 Å². The van der Waals surface area contributed by atoms with Gasteiger partial charge >= 0.3 is 0 Å². The van der Waals surface area contributed by atoms with Crippen LogP contribution >= 0.6 is 0 Å². The lowest BCUT2D eigenvalue weighted by atomic mass is 10.1. The number of benzene rings is 2. The van der Waals surface area contributed by atoms with Gasteiger partial charge in [-0.15, -0.1) is 0 Å². The molecule has 0 N–H and O–H groups in total. The fraction of sp³-hybridized carbons (Fsp3) is 0.130. The van der Waals surface area contributed by atoms with E-state index in [1.807, 2.05) is 0 Å². The minimum Gasteiger partial charge on any atom is -0.493 e. The molecule has 0 aliphatic carbocycles. The largest absolute Gasteiger partial charge is 0.493 e.